The summed E-state index contributed by atoms with van der Waals surface area (Å²) in [6.45, 7) is 7.71. The first-order valence-electron chi connectivity index (χ1n) is 6.21. The topological polar surface area (TPSA) is 41.6 Å². The summed E-state index contributed by atoms with van der Waals surface area (Å²) in [4.78, 5) is 16.3. The van der Waals surface area contributed by atoms with Crippen LogP contribution in [0.3, 0.4) is 0 Å². The summed E-state index contributed by atoms with van der Waals surface area (Å²) in [6, 6.07) is 2.60. The first kappa shape index (κ1) is 13.4. The van der Waals surface area contributed by atoms with E-state index >= 15 is 0 Å². The SMILES string of the molecule is COc1cc(C)sc1C(=O)N1CC(C)NC(C)C1. The van der Waals surface area contributed by atoms with Crippen molar-refractivity contribution in [3.05, 3.63) is 15.8 Å². The Morgan fingerprint density at radius 3 is 2.61 bits per heavy atom. The quantitative estimate of drug-likeness (QED) is 0.890. The van der Waals surface area contributed by atoms with Crippen molar-refractivity contribution in [1.29, 1.82) is 0 Å². The molecule has 0 radical (unpaired) electrons. The van der Waals surface area contributed by atoms with Gasteiger partial charge in [0.15, 0.2) is 0 Å². The molecule has 18 heavy (non-hydrogen) atoms. The molecule has 0 spiro atoms. The van der Waals surface area contributed by atoms with Crippen LogP contribution in [0.4, 0.5) is 0 Å². The number of methoxy groups -OCH3 is 1. The van der Waals surface area contributed by atoms with Crippen LogP contribution in [0, 0.1) is 6.92 Å². The fourth-order valence-corrected chi connectivity index (χ4v) is 3.38. The van der Waals surface area contributed by atoms with Crippen molar-refractivity contribution in [2.45, 2.75) is 32.9 Å². The lowest BCUT2D eigenvalue weighted by molar-refractivity contribution is 0.0675. The fourth-order valence-electron chi connectivity index (χ4n) is 2.43. The van der Waals surface area contributed by atoms with Crippen LogP contribution >= 0.6 is 11.3 Å². The van der Waals surface area contributed by atoms with E-state index in [2.05, 4.69) is 19.2 Å². The zero-order chi connectivity index (χ0) is 13.3. The van der Waals surface area contributed by atoms with Crippen molar-refractivity contribution in [1.82, 2.24) is 10.2 Å². The first-order chi connectivity index (χ1) is 8.51. The first-order valence-corrected chi connectivity index (χ1v) is 7.02. The average molecular weight is 268 g/mol. The van der Waals surface area contributed by atoms with Crippen molar-refractivity contribution < 1.29 is 9.53 Å². The van der Waals surface area contributed by atoms with E-state index in [1.165, 1.54) is 11.3 Å². The molecule has 2 rings (SSSR count). The van der Waals surface area contributed by atoms with Crippen LogP contribution < -0.4 is 10.1 Å². The average Bonchev–Trinajstić information content (AvgIpc) is 2.68. The summed E-state index contributed by atoms with van der Waals surface area (Å²) in [6.07, 6.45) is 0. The van der Waals surface area contributed by atoms with E-state index in [9.17, 15) is 4.79 Å². The molecule has 4 nitrogen and oxygen atoms in total. The third kappa shape index (κ3) is 2.67. The van der Waals surface area contributed by atoms with Gasteiger partial charge in [-0.15, -0.1) is 11.3 Å². The number of nitrogens with zero attached hydrogens (tertiary/aromatic N) is 1. The molecule has 1 aliphatic heterocycles. The van der Waals surface area contributed by atoms with Crippen molar-refractivity contribution >= 4 is 17.2 Å². The summed E-state index contributed by atoms with van der Waals surface area (Å²) in [7, 11) is 1.61. The van der Waals surface area contributed by atoms with Gasteiger partial charge in [0.1, 0.15) is 10.6 Å². The Morgan fingerprint density at radius 2 is 2.06 bits per heavy atom. The van der Waals surface area contributed by atoms with Crippen molar-refractivity contribution in [3.8, 4) is 5.75 Å². The normalized spacial score (nSPS) is 24.1. The molecule has 1 aromatic heterocycles. The van der Waals surface area contributed by atoms with Gasteiger partial charge in [-0.25, -0.2) is 0 Å². The van der Waals surface area contributed by atoms with Gasteiger partial charge in [-0.1, -0.05) is 0 Å². The summed E-state index contributed by atoms with van der Waals surface area (Å²) in [5.41, 5.74) is 0. The number of rotatable bonds is 2. The maximum Gasteiger partial charge on any atom is 0.267 e. The summed E-state index contributed by atoms with van der Waals surface area (Å²) >= 11 is 1.51. The zero-order valence-corrected chi connectivity index (χ0v) is 12.1. The molecule has 1 aromatic rings. The van der Waals surface area contributed by atoms with Gasteiger partial charge >= 0.3 is 0 Å². The van der Waals surface area contributed by atoms with Crippen LogP contribution in [0.15, 0.2) is 6.07 Å². The number of carbonyl (C=O) groups excluding carboxylic acids is 1. The maximum atomic E-state index is 12.5. The number of nitrogens with one attached hydrogen (secondary N) is 1. The molecule has 0 aliphatic carbocycles. The minimum atomic E-state index is 0.0881. The monoisotopic (exact) mass is 268 g/mol. The van der Waals surface area contributed by atoms with E-state index in [1.807, 2.05) is 17.9 Å². The smallest absolute Gasteiger partial charge is 0.267 e. The second-order valence-corrected chi connectivity index (χ2v) is 6.19. The minimum Gasteiger partial charge on any atom is -0.495 e. The van der Waals surface area contributed by atoms with Gasteiger partial charge in [0.05, 0.1) is 7.11 Å². The van der Waals surface area contributed by atoms with E-state index in [0.717, 1.165) is 22.8 Å². The highest BCUT2D eigenvalue weighted by atomic mass is 32.1. The predicted molar refractivity (Wildman–Crippen MR) is 73.6 cm³/mol. The highest BCUT2D eigenvalue weighted by Crippen LogP contribution is 2.30. The van der Waals surface area contributed by atoms with Crippen LogP contribution in [0.5, 0.6) is 5.75 Å². The third-order valence-corrected chi connectivity index (χ3v) is 4.10. The Bertz CT molecular complexity index is 434. The van der Waals surface area contributed by atoms with Gasteiger partial charge in [0.25, 0.3) is 5.91 Å². The molecule has 100 valence electrons. The lowest BCUT2D eigenvalue weighted by Gasteiger charge is -2.36. The molecule has 1 fully saturated rings. The second-order valence-electron chi connectivity index (χ2n) is 4.93. The largest absolute Gasteiger partial charge is 0.495 e. The Hall–Kier alpha value is -1.07. The van der Waals surface area contributed by atoms with E-state index in [4.69, 9.17) is 4.74 Å². The summed E-state index contributed by atoms with van der Waals surface area (Å²) < 4.78 is 5.28. The van der Waals surface area contributed by atoms with Crippen molar-refractivity contribution in [3.63, 3.8) is 0 Å². The van der Waals surface area contributed by atoms with Gasteiger partial charge < -0.3 is 15.0 Å². The van der Waals surface area contributed by atoms with Crippen LogP contribution in [0.2, 0.25) is 0 Å². The van der Waals surface area contributed by atoms with Gasteiger partial charge in [-0.3, -0.25) is 4.79 Å². The highest BCUT2D eigenvalue weighted by molar-refractivity contribution is 7.14. The Balaban J connectivity index is 2.19. The number of aryl methyl sites for hydroxylation is 1. The zero-order valence-electron chi connectivity index (χ0n) is 11.3. The Kier molecular flexibility index (Phi) is 3.92. The van der Waals surface area contributed by atoms with Crippen LogP contribution in [-0.2, 0) is 0 Å². The standard InChI is InChI=1S/C13H20N2O2S/c1-8-6-15(7-9(2)14-8)13(16)12-11(17-4)5-10(3)18-12/h5,8-9,14H,6-7H2,1-4H3. The molecule has 1 N–H and O–H groups in total. The number of piperazine rings is 1. The van der Waals surface area contributed by atoms with Gasteiger partial charge in [-0.05, 0) is 26.8 Å². The molecule has 1 amide bonds. The number of ether oxygens (including phenoxy) is 1. The van der Waals surface area contributed by atoms with Crippen LogP contribution in [-0.4, -0.2) is 43.1 Å². The minimum absolute atomic E-state index is 0.0881. The van der Waals surface area contributed by atoms with Crippen LogP contribution in [0.25, 0.3) is 0 Å². The van der Waals surface area contributed by atoms with Crippen molar-refractivity contribution in [2.24, 2.45) is 0 Å². The van der Waals surface area contributed by atoms with Gasteiger partial charge in [-0.2, -0.15) is 0 Å². The van der Waals surface area contributed by atoms with Crippen molar-refractivity contribution in [2.75, 3.05) is 20.2 Å². The number of amides is 1. The molecular formula is C13H20N2O2S. The Labute approximate surface area is 112 Å². The molecule has 2 atom stereocenters. The van der Waals surface area contributed by atoms with E-state index in [-0.39, 0.29) is 5.91 Å². The molecule has 0 aromatic carbocycles. The van der Waals surface area contributed by atoms with E-state index in [0.29, 0.717) is 17.8 Å². The molecule has 0 bridgehead atoms. The summed E-state index contributed by atoms with van der Waals surface area (Å²) in [5.74, 6) is 0.784. The molecule has 5 heteroatoms. The molecule has 2 unspecified atom stereocenters. The molecule has 1 saturated heterocycles. The summed E-state index contributed by atoms with van der Waals surface area (Å²) in [5, 5.41) is 3.43. The maximum absolute atomic E-state index is 12.5. The fraction of sp³-hybridized carbons (Fsp3) is 0.615. The molecule has 0 saturated carbocycles. The number of carbonyl (C=O) groups is 1. The van der Waals surface area contributed by atoms with E-state index < -0.39 is 0 Å². The highest BCUT2D eigenvalue weighted by Gasteiger charge is 2.28. The second kappa shape index (κ2) is 5.28. The third-order valence-electron chi connectivity index (χ3n) is 3.08. The van der Waals surface area contributed by atoms with Gasteiger partial charge in [0.2, 0.25) is 0 Å². The molecular weight excluding hydrogens is 248 g/mol. The molecule has 2 heterocycles. The lowest BCUT2D eigenvalue weighted by atomic mass is 10.1. The number of hydrogen-bond acceptors (Lipinski definition) is 4. The van der Waals surface area contributed by atoms with E-state index in [1.54, 1.807) is 7.11 Å². The lowest BCUT2D eigenvalue weighted by Crippen LogP contribution is -2.55. The van der Waals surface area contributed by atoms with Gasteiger partial charge in [0, 0.05) is 30.1 Å². The number of thiophene rings is 1. The predicted octanol–water partition coefficient (Wildman–Crippen LogP) is 1.89. The Morgan fingerprint density at radius 1 is 1.44 bits per heavy atom. The molecule has 1 aliphatic rings. The number of hydrogen-bond donors (Lipinski definition) is 1. The van der Waals surface area contributed by atoms with Crippen LogP contribution in [0.1, 0.15) is 28.4 Å².